The lowest BCUT2D eigenvalue weighted by atomic mass is 9.70. The lowest BCUT2D eigenvalue weighted by Crippen LogP contribution is -2.36. The third-order valence-corrected chi connectivity index (χ3v) is 5.28. The number of Topliss-reactive ketones (excluding diaryl/α,β-unsaturated/α-hetero) is 1. The van der Waals surface area contributed by atoms with E-state index >= 15 is 0 Å². The van der Waals surface area contributed by atoms with Crippen LogP contribution in [0.4, 0.5) is 5.82 Å². The van der Waals surface area contributed by atoms with Gasteiger partial charge in [-0.3, -0.25) is 23.9 Å². The van der Waals surface area contributed by atoms with Crippen LogP contribution in [-0.2, 0) is 16.6 Å². The van der Waals surface area contributed by atoms with Gasteiger partial charge in [-0.15, -0.1) is 0 Å². The number of nitrogens with one attached hydrogen (secondary N) is 1. The number of aromatic amines is 1. The fourth-order valence-electron chi connectivity index (χ4n) is 3.43. The summed E-state index contributed by atoms with van der Waals surface area (Å²) in [6.45, 7) is 6.03. The second-order valence-corrected chi connectivity index (χ2v) is 8.02. The highest BCUT2D eigenvalue weighted by Gasteiger charge is 2.33. The molecule has 144 valence electrons. The molecule has 26 heavy (non-hydrogen) atoms. The molecule has 0 aromatic carbocycles. The molecule has 8 heteroatoms. The number of H-pyrrole nitrogens is 1. The molecule has 1 fully saturated rings. The van der Waals surface area contributed by atoms with E-state index in [9.17, 15) is 19.2 Å². The van der Waals surface area contributed by atoms with Crippen LogP contribution in [0, 0.1) is 17.3 Å². The van der Waals surface area contributed by atoms with Crippen LogP contribution in [0.5, 0.6) is 0 Å². The van der Waals surface area contributed by atoms with E-state index in [0.29, 0.717) is 5.92 Å². The van der Waals surface area contributed by atoms with Crippen LogP contribution in [0.25, 0.3) is 0 Å². The Bertz CT molecular complexity index is 808. The average Bonchev–Trinajstić information content (AvgIpc) is 2.57. The number of hydrogen-bond donors (Lipinski definition) is 2. The van der Waals surface area contributed by atoms with Crippen LogP contribution < -0.4 is 17.0 Å². The highest BCUT2D eigenvalue weighted by molar-refractivity contribution is 6.01. The third kappa shape index (κ3) is 4.23. The molecule has 2 rings (SSSR count). The number of rotatable bonds is 4. The Labute approximate surface area is 151 Å². The van der Waals surface area contributed by atoms with Crippen molar-refractivity contribution < 1.29 is 14.3 Å². The van der Waals surface area contributed by atoms with Crippen molar-refractivity contribution in [2.24, 2.45) is 24.3 Å². The Balaban J connectivity index is 1.97. The summed E-state index contributed by atoms with van der Waals surface area (Å²) in [7, 11) is 1.34. The van der Waals surface area contributed by atoms with E-state index < -0.39 is 29.6 Å². The minimum Gasteiger partial charge on any atom is -0.457 e. The van der Waals surface area contributed by atoms with E-state index in [1.54, 1.807) is 0 Å². The molecule has 0 bridgehead atoms. The standard InChI is InChI=1S/C18H27N3O5/c1-18(2,3)11-7-5-10(6-8-11)16(24)26-9-12(22)13-14(19)21(4)17(25)20-15(13)23/h10-11H,5-9,19H2,1-4H3,(H,20,23,25). The number of carbonyl (C=O) groups is 2. The van der Waals surface area contributed by atoms with Crippen molar-refractivity contribution in [1.29, 1.82) is 0 Å². The molecule has 1 saturated carbocycles. The minimum absolute atomic E-state index is 0.215. The number of nitrogens with zero attached hydrogens (tertiary/aromatic N) is 1. The van der Waals surface area contributed by atoms with Gasteiger partial charge in [0.05, 0.1) is 5.92 Å². The summed E-state index contributed by atoms with van der Waals surface area (Å²) in [5.41, 5.74) is 3.93. The molecule has 1 aromatic rings. The van der Waals surface area contributed by atoms with Gasteiger partial charge >= 0.3 is 11.7 Å². The Morgan fingerprint density at radius 2 is 1.77 bits per heavy atom. The maximum atomic E-state index is 12.2. The van der Waals surface area contributed by atoms with E-state index in [-0.39, 0.29) is 22.7 Å². The number of hydrogen-bond acceptors (Lipinski definition) is 6. The number of ketones is 1. The number of nitrogen functional groups attached to an aromatic ring is 1. The van der Waals surface area contributed by atoms with Crippen LogP contribution in [0.1, 0.15) is 56.8 Å². The molecular formula is C18H27N3O5. The quantitative estimate of drug-likeness (QED) is 0.611. The Hall–Kier alpha value is -2.38. The number of anilines is 1. The number of nitrogens with two attached hydrogens (primary N) is 1. The summed E-state index contributed by atoms with van der Waals surface area (Å²) in [4.78, 5) is 49.7. The molecule has 0 saturated heterocycles. The fraction of sp³-hybridized carbons (Fsp3) is 0.667. The van der Waals surface area contributed by atoms with Crippen molar-refractivity contribution >= 4 is 17.6 Å². The van der Waals surface area contributed by atoms with Gasteiger partial charge in [0.1, 0.15) is 11.4 Å². The summed E-state index contributed by atoms with van der Waals surface area (Å²) in [5, 5.41) is 0. The zero-order valence-corrected chi connectivity index (χ0v) is 15.8. The largest absolute Gasteiger partial charge is 0.457 e. The normalized spacial score (nSPS) is 20.6. The third-order valence-electron chi connectivity index (χ3n) is 5.28. The first-order valence-electron chi connectivity index (χ1n) is 8.81. The highest BCUT2D eigenvalue weighted by Crippen LogP contribution is 2.40. The topological polar surface area (TPSA) is 124 Å². The van der Waals surface area contributed by atoms with Gasteiger partial charge in [-0.05, 0) is 37.0 Å². The Kier molecular flexibility index (Phi) is 5.73. The number of ether oxygens (including phenoxy) is 1. The molecule has 1 aliphatic carbocycles. The Morgan fingerprint density at radius 1 is 1.19 bits per heavy atom. The highest BCUT2D eigenvalue weighted by atomic mass is 16.5. The summed E-state index contributed by atoms with van der Waals surface area (Å²) >= 11 is 0. The summed E-state index contributed by atoms with van der Waals surface area (Å²) in [6.07, 6.45) is 3.37. The SMILES string of the molecule is Cn1c(N)c(C(=O)COC(=O)C2CCC(C(C)(C)C)CC2)c(=O)[nH]c1=O. The van der Waals surface area contributed by atoms with Crippen molar-refractivity contribution in [2.75, 3.05) is 12.3 Å². The Morgan fingerprint density at radius 3 is 2.31 bits per heavy atom. The molecule has 8 nitrogen and oxygen atoms in total. The lowest BCUT2D eigenvalue weighted by molar-refractivity contribution is -0.149. The molecule has 0 aliphatic heterocycles. The van der Waals surface area contributed by atoms with E-state index in [4.69, 9.17) is 10.5 Å². The van der Waals surface area contributed by atoms with Crippen LogP contribution in [0.15, 0.2) is 9.59 Å². The zero-order valence-electron chi connectivity index (χ0n) is 15.8. The molecule has 0 spiro atoms. The first-order chi connectivity index (χ1) is 12.0. The fourth-order valence-corrected chi connectivity index (χ4v) is 3.43. The number of carbonyl (C=O) groups excluding carboxylic acids is 2. The second-order valence-electron chi connectivity index (χ2n) is 8.02. The first-order valence-corrected chi connectivity index (χ1v) is 8.81. The average molecular weight is 365 g/mol. The van der Waals surface area contributed by atoms with Crippen molar-refractivity contribution in [3.63, 3.8) is 0 Å². The van der Waals surface area contributed by atoms with Gasteiger partial charge in [-0.25, -0.2) is 4.79 Å². The molecular weight excluding hydrogens is 338 g/mol. The van der Waals surface area contributed by atoms with Crippen molar-refractivity contribution in [2.45, 2.75) is 46.5 Å². The second kappa shape index (κ2) is 7.47. The van der Waals surface area contributed by atoms with E-state index in [2.05, 4.69) is 20.8 Å². The van der Waals surface area contributed by atoms with E-state index in [1.807, 2.05) is 4.98 Å². The predicted molar refractivity (Wildman–Crippen MR) is 96.9 cm³/mol. The van der Waals surface area contributed by atoms with Gasteiger partial charge < -0.3 is 10.5 Å². The molecule has 0 atom stereocenters. The van der Waals surface area contributed by atoms with Crippen LogP contribution in [0.2, 0.25) is 0 Å². The summed E-state index contributed by atoms with van der Waals surface area (Å²) in [5.74, 6) is -1.05. The minimum atomic E-state index is -0.877. The number of esters is 1. The summed E-state index contributed by atoms with van der Waals surface area (Å²) in [6, 6.07) is 0. The van der Waals surface area contributed by atoms with Crippen molar-refractivity contribution in [3.8, 4) is 0 Å². The first kappa shape index (κ1) is 19.9. The van der Waals surface area contributed by atoms with E-state index in [0.717, 1.165) is 30.3 Å². The van der Waals surface area contributed by atoms with Gasteiger partial charge in [0.25, 0.3) is 5.56 Å². The van der Waals surface area contributed by atoms with Crippen LogP contribution in [0.3, 0.4) is 0 Å². The predicted octanol–water partition coefficient (Wildman–Crippen LogP) is 1.23. The maximum Gasteiger partial charge on any atom is 0.329 e. The molecule has 3 N–H and O–H groups in total. The van der Waals surface area contributed by atoms with Gasteiger partial charge in [-0.1, -0.05) is 20.8 Å². The van der Waals surface area contributed by atoms with Crippen molar-refractivity contribution in [3.05, 3.63) is 26.4 Å². The maximum absolute atomic E-state index is 12.2. The summed E-state index contributed by atoms with van der Waals surface area (Å²) < 4.78 is 6.08. The molecule has 0 unspecified atom stereocenters. The smallest absolute Gasteiger partial charge is 0.329 e. The zero-order chi connectivity index (χ0) is 19.6. The van der Waals surface area contributed by atoms with Crippen LogP contribution in [-0.4, -0.2) is 27.9 Å². The van der Waals surface area contributed by atoms with Gasteiger partial charge in [0.15, 0.2) is 6.61 Å². The lowest BCUT2D eigenvalue weighted by Gasteiger charge is -2.36. The van der Waals surface area contributed by atoms with E-state index in [1.165, 1.54) is 7.05 Å². The van der Waals surface area contributed by atoms with Gasteiger partial charge in [0.2, 0.25) is 5.78 Å². The monoisotopic (exact) mass is 365 g/mol. The van der Waals surface area contributed by atoms with Gasteiger partial charge in [0, 0.05) is 7.05 Å². The molecule has 1 aliphatic rings. The molecule has 1 aromatic heterocycles. The van der Waals surface area contributed by atoms with Crippen molar-refractivity contribution in [1.82, 2.24) is 9.55 Å². The van der Waals surface area contributed by atoms with Gasteiger partial charge in [-0.2, -0.15) is 0 Å². The number of aromatic nitrogens is 2. The van der Waals surface area contributed by atoms with Crippen LogP contribution >= 0.6 is 0 Å². The molecule has 0 radical (unpaired) electrons. The molecule has 1 heterocycles. The molecule has 0 amide bonds.